The molecule has 0 aromatic rings. The van der Waals surface area contributed by atoms with Crippen molar-refractivity contribution >= 4 is 11.8 Å². The van der Waals surface area contributed by atoms with Crippen molar-refractivity contribution in [3.05, 3.63) is 23.8 Å². The van der Waals surface area contributed by atoms with Crippen molar-refractivity contribution in [3.63, 3.8) is 0 Å². The summed E-state index contributed by atoms with van der Waals surface area (Å²) in [5.41, 5.74) is 8.70. The molecule has 2 amide bonds. The van der Waals surface area contributed by atoms with Crippen LogP contribution in [0.4, 0.5) is 0 Å². The van der Waals surface area contributed by atoms with E-state index in [9.17, 15) is 9.59 Å². The minimum atomic E-state index is -1.30. The second-order valence-electron chi connectivity index (χ2n) is 3.22. The van der Waals surface area contributed by atoms with Crippen LogP contribution in [0.15, 0.2) is 23.8 Å². The van der Waals surface area contributed by atoms with Crippen molar-refractivity contribution in [2.45, 2.75) is 12.0 Å². The second kappa shape index (κ2) is 4.22. The molecule has 1 atom stereocenters. The summed E-state index contributed by atoms with van der Waals surface area (Å²) in [5.74, 6) is 8.92. The monoisotopic (exact) mass is 211 g/mol. The number of carbonyl (C=O) groups is 2. The maximum absolute atomic E-state index is 11.3. The zero-order valence-electron chi connectivity index (χ0n) is 7.99. The first-order chi connectivity index (χ1) is 7.03. The van der Waals surface area contributed by atoms with E-state index in [1.54, 1.807) is 0 Å². The summed E-state index contributed by atoms with van der Waals surface area (Å²) in [7, 11) is 0. The van der Waals surface area contributed by atoms with E-state index >= 15 is 0 Å². The molecule has 0 heterocycles. The van der Waals surface area contributed by atoms with Gasteiger partial charge in [0.25, 0.3) is 11.8 Å². The van der Waals surface area contributed by atoms with Crippen LogP contribution in [-0.2, 0) is 9.59 Å². The van der Waals surface area contributed by atoms with Gasteiger partial charge in [-0.25, -0.2) is 11.7 Å². The van der Waals surface area contributed by atoms with Gasteiger partial charge in [0.15, 0.2) is 0 Å². The van der Waals surface area contributed by atoms with Crippen molar-refractivity contribution in [1.82, 2.24) is 10.9 Å². The molecule has 8 N–H and O–H groups in total. The lowest BCUT2D eigenvalue weighted by Crippen LogP contribution is -2.56. The van der Waals surface area contributed by atoms with Crippen LogP contribution in [0.3, 0.4) is 0 Å². The molecule has 0 aliphatic heterocycles. The minimum absolute atomic E-state index is 0.0512. The Bertz CT molecular complexity index is 349. The molecule has 0 aromatic carbocycles. The van der Waals surface area contributed by atoms with E-state index in [-0.39, 0.29) is 6.42 Å². The van der Waals surface area contributed by atoms with E-state index in [2.05, 4.69) is 0 Å². The lowest BCUT2D eigenvalue weighted by molar-refractivity contribution is -0.125. The highest BCUT2D eigenvalue weighted by molar-refractivity contribution is 5.97. The van der Waals surface area contributed by atoms with E-state index in [1.165, 1.54) is 18.2 Å². The predicted octanol–water partition coefficient (Wildman–Crippen LogP) is -2.45. The quantitative estimate of drug-likeness (QED) is 0.196. The summed E-state index contributed by atoms with van der Waals surface area (Å²) >= 11 is 0. The van der Waals surface area contributed by atoms with Gasteiger partial charge in [-0.3, -0.25) is 20.4 Å². The number of allylic oxidation sites excluding steroid dienone is 2. The van der Waals surface area contributed by atoms with Crippen molar-refractivity contribution in [1.29, 1.82) is 0 Å². The molecule has 1 aliphatic rings. The van der Waals surface area contributed by atoms with Gasteiger partial charge in [0.2, 0.25) is 0 Å². The topological polar surface area (TPSA) is 136 Å². The summed E-state index contributed by atoms with van der Waals surface area (Å²) in [5, 5.41) is 0. The number of amides is 2. The van der Waals surface area contributed by atoms with Crippen LogP contribution in [0, 0.1) is 0 Å². The summed E-state index contributed by atoms with van der Waals surface area (Å²) in [6.45, 7) is 0. The predicted molar refractivity (Wildman–Crippen MR) is 53.4 cm³/mol. The highest BCUT2D eigenvalue weighted by Crippen LogP contribution is 2.20. The van der Waals surface area contributed by atoms with Gasteiger partial charge >= 0.3 is 0 Å². The van der Waals surface area contributed by atoms with Crippen LogP contribution in [0.5, 0.6) is 0 Å². The molecule has 0 aromatic heterocycles. The SMILES string of the molecule is NNC(=O)C1=CC=CC(N)(C(=O)NN)C1. The molecule has 7 nitrogen and oxygen atoms in total. The van der Waals surface area contributed by atoms with Gasteiger partial charge in [0.1, 0.15) is 5.54 Å². The molecule has 1 rings (SSSR count). The van der Waals surface area contributed by atoms with Gasteiger partial charge in [-0.2, -0.15) is 0 Å². The zero-order valence-corrected chi connectivity index (χ0v) is 7.99. The fourth-order valence-corrected chi connectivity index (χ4v) is 1.31. The Hall–Kier alpha value is -1.70. The Morgan fingerprint density at radius 2 is 2.00 bits per heavy atom. The molecule has 1 unspecified atom stereocenters. The molecule has 0 fully saturated rings. The summed E-state index contributed by atoms with van der Waals surface area (Å²) in [4.78, 5) is 22.6. The zero-order chi connectivity index (χ0) is 11.5. The van der Waals surface area contributed by atoms with Gasteiger partial charge in [0.05, 0.1) is 0 Å². The fraction of sp³-hybridized carbons (Fsp3) is 0.250. The van der Waals surface area contributed by atoms with Crippen LogP contribution >= 0.6 is 0 Å². The van der Waals surface area contributed by atoms with Crippen molar-refractivity contribution in [2.24, 2.45) is 17.4 Å². The maximum Gasteiger partial charge on any atom is 0.261 e. The highest BCUT2D eigenvalue weighted by Gasteiger charge is 2.34. The number of hydrogen-bond donors (Lipinski definition) is 5. The van der Waals surface area contributed by atoms with Crippen LogP contribution in [0.25, 0.3) is 0 Å². The normalized spacial score (nSPS) is 24.3. The number of carbonyl (C=O) groups excluding carboxylic acids is 2. The number of nitrogens with one attached hydrogen (secondary N) is 2. The van der Waals surface area contributed by atoms with E-state index < -0.39 is 17.4 Å². The second-order valence-corrected chi connectivity index (χ2v) is 3.22. The number of hydrazine groups is 2. The van der Waals surface area contributed by atoms with Gasteiger partial charge in [-0.05, 0) is 0 Å². The molecular weight excluding hydrogens is 198 g/mol. The lowest BCUT2D eigenvalue weighted by atomic mass is 9.86. The number of rotatable bonds is 2. The van der Waals surface area contributed by atoms with Gasteiger partial charge in [0, 0.05) is 12.0 Å². The molecule has 0 spiro atoms. The van der Waals surface area contributed by atoms with Crippen LogP contribution in [0.1, 0.15) is 6.42 Å². The third kappa shape index (κ3) is 2.21. The Kier molecular flexibility index (Phi) is 3.20. The highest BCUT2D eigenvalue weighted by atomic mass is 16.2. The first-order valence-electron chi connectivity index (χ1n) is 4.23. The molecule has 0 radical (unpaired) electrons. The molecule has 7 heteroatoms. The van der Waals surface area contributed by atoms with Crippen LogP contribution in [-0.4, -0.2) is 17.4 Å². The number of hydrogen-bond acceptors (Lipinski definition) is 5. The standard InChI is InChI=1S/C8H13N5O2/c9-8(7(15)13-11)3-1-2-5(4-8)6(14)12-10/h1-3H,4,9-11H2,(H,12,14)(H,13,15). The van der Waals surface area contributed by atoms with Gasteiger partial charge in [-0.15, -0.1) is 0 Å². The van der Waals surface area contributed by atoms with Gasteiger partial charge < -0.3 is 5.73 Å². The van der Waals surface area contributed by atoms with E-state index in [1.807, 2.05) is 10.9 Å². The van der Waals surface area contributed by atoms with E-state index in [0.29, 0.717) is 5.57 Å². The van der Waals surface area contributed by atoms with Crippen molar-refractivity contribution < 1.29 is 9.59 Å². The summed E-state index contributed by atoms with van der Waals surface area (Å²) in [6, 6.07) is 0. The van der Waals surface area contributed by atoms with E-state index in [0.717, 1.165) is 0 Å². The lowest BCUT2D eigenvalue weighted by Gasteiger charge is -2.26. The number of nitrogens with two attached hydrogens (primary N) is 3. The first-order valence-corrected chi connectivity index (χ1v) is 4.23. The van der Waals surface area contributed by atoms with Crippen molar-refractivity contribution in [3.8, 4) is 0 Å². The van der Waals surface area contributed by atoms with Crippen LogP contribution in [0.2, 0.25) is 0 Å². The average Bonchev–Trinajstić information content (AvgIpc) is 2.26. The molecule has 15 heavy (non-hydrogen) atoms. The molecule has 0 bridgehead atoms. The van der Waals surface area contributed by atoms with E-state index in [4.69, 9.17) is 17.4 Å². The molecular formula is C8H13N5O2. The molecule has 0 saturated heterocycles. The third-order valence-corrected chi connectivity index (χ3v) is 2.15. The van der Waals surface area contributed by atoms with Crippen LogP contribution < -0.4 is 28.3 Å². The Morgan fingerprint density at radius 3 is 2.53 bits per heavy atom. The fourth-order valence-electron chi connectivity index (χ4n) is 1.31. The third-order valence-electron chi connectivity index (χ3n) is 2.15. The Labute approximate surface area is 86.3 Å². The largest absolute Gasteiger partial charge is 0.314 e. The summed E-state index contributed by atoms with van der Waals surface area (Å²) < 4.78 is 0. The Balaban J connectivity index is 2.87. The minimum Gasteiger partial charge on any atom is -0.314 e. The smallest absolute Gasteiger partial charge is 0.261 e. The first kappa shape index (κ1) is 11.4. The maximum atomic E-state index is 11.3. The molecule has 0 saturated carbocycles. The molecule has 1 aliphatic carbocycles. The molecule has 82 valence electrons. The van der Waals surface area contributed by atoms with Gasteiger partial charge in [-0.1, -0.05) is 18.2 Å². The Morgan fingerprint density at radius 1 is 1.33 bits per heavy atom. The average molecular weight is 211 g/mol. The van der Waals surface area contributed by atoms with Crippen molar-refractivity contribution in [2.75, 3.05) is 0 Å². The summed E-state index contributed by atoms with van der Waals surface area (Å²) in [6.07, 6.45) is 4.58.